The second-order valence-corrected chi connectivity index (χ2v) is 9.24. The molecule has 0 aliphatic heterocycles. The molecule has 1 aliphatic carbocycles. The summed E-state index contributed by atoms with van der Waals surface area (Å²) in [6.45, 7) is 0.353. The molecular weight excluding hydrogens is 435 g/mol. The summed E-state index contributed by atoms with van der Waals surface area (Å²) < 4.78 is 15.1. The number of nitrogens with one attached hydrogen (secondary N) is 1. The summed E-state index contributed by atoms with van der Waals surface area (Å²) in [6.07, 6.45) is 3.86. The molecule has 7 nitrogen and oxygen atoms in total. The maximum absolute atomic E-state index is 13.0. The van der Waals surface area contributed by atoms with Gasteiger partial charge in [0, 0.05) is 24.2 Å². The zero-order chi connectivity index (χ0) is 21.4. The summed E-state index contributed by atoms with van der Waals surface area (Å²) >= 11 is 2.86. The normalized spacial score (nSPS) is 13.6. The Morgan fingerprint density at radius 3 is 2.81 bits per heavy atom. The molecule has 4 aromatic rings. The fraction of sp³-hybridized carbons (Fsp3) is 0.238. The molecule has 31 heavy (non-hydrogen) atoms. The first kappa shape index (κ1) is 20.0. The van der Waals surface area contributed by atoms with Crippen LogP contribution < -0.4 is 11.1 Å². The Kier molecular flexibility index (Phi) is 5.33. The molecule has 158 valence electrons. The highest BCUT2D eigenvalue weighted by atomic mass is 32.2. The predicted molar refractivity (Wildman–Crippen MR) is 120 cm³/mol. The van der Waals surface area contributed by atoms with E-state index in [1.807, 2.05) is 12.1 Å². The van der Waals surface area contributed by atoms with Crippen molar-refractivity contribution in [3.63, 3.8) is 0 Å². The molecule has 5 rings (SSSR count). The van der Waals surface area contributed by atoms with E-state index < -0.39 is 0 Å². The molecule has 0 radical (unpaired) electrons. The lowest BCUT2D eigenvalue weighted by Gasteiger charge is -2.09. The standard InChI is InChI=1S/C21H19FN6OS2/c22-13-5-3-12(4-6-13)10-25-16(29)11-30-21-27-26-19(28(21)14-7-8-14)18-17(23)15-2-1-9-24-20(15)31-18/h1-6,9,14H,7-8,10-11,23H2,(H,25,29). The highest BCUT2D eigenvalue weighted by molar-refractivity contribution is 7.99. The third kappa shape index (κ3) is 4.13. The van der Waals surface area contributed by atoms with Gasteiger partial charge in [-0.25, -0.2) is 9.37 Å². The first-order valence-corrected chi connectivity index (χ1v) is 11.6. The Bertz CT molecular complexity index is 1250. The van der Waals surface area contributed by atoms with Crippen LogP contribution in [0.1, 0.15) is 24.4 Å². The average molecular weight is 455 g/mol. The molecule has 0 unspecified atom stereocenters. The number of rotatable bonds is 7. The quantitative estimate of drug-likeness (QED) is 0.409. The molecule has 3 aromatic heterocycles. The summed E-state index contributed by atoms with van der Waals surface area (Å²) in [6, 6.07) is 10.2. The van der Waals surface area contributed by atoms with Gasteiger partial charge in [0.15, 0.2) is 11.0 Å². The van der Waals surface area contributed by atoms with Crippen molar-refractivity contribution in [3.8, 4) is 10.7 Å². The number of fused-ring (bicyclic) bond motifs is 1. The van der Waals surface area contributed by atoms with E-state index in [2.05, 4.69) is 25.1 Å². The number of nitrogen functional groups attached to an aromatic ring is 1. The summed E-state index contributed by atoms with van der Waals surface area (Å²) in [7, 11) is 0. The van der Waals surface area contributed by atoms with Crippen molar-refractivity contribution in [2.45, 2.75) is 30.6 Å². The van der Waals surface area contributed by atoms with Gasteiger partial charge >= 0.3 is 0 Å². The maximum Gasteiger partial charge on any atom is 0.230 e. The number of thiophene rings is 1. The molecule has 3 heterocycles. The van der Waals surface area contributed by atoms with Crippen LogP contribution in [-0.2, 0) is 11.3 Å². The van der Waals surface area contributed by atoms with Crippen LogP contribution >= 0.6 is 23.1 Å². The minimum absolute atomic E-state index is 0.119. The highest BCUT2D eigenvalue weighted by Gasteiger charge is 2.32. The number of amides is 1. The number of halogens is 1. The number of anilines is 1. The molecule has 1 saturated carbocycles. The molecule has 0 bridgehead atoms. The smallest absolute Gasteiger partial charge is 0.230 e. The summed E-state index contributed by atoms with van der Waals surface area (Å²) in [5.74, 6) is 0.537. The van der Waals surface area contributed by atoms with Gasteiger partial charge in [-0.15, -0.1) is 21.5 Å². The van der Waals surface area contributed by atoms with Crippen LogP contribution in [0.4, 0.5) is 10.1 Å². The molecule has 1 aliphatic rings. The van der Waals surface area contributed by atoms with E-state index in [9.17, 15) is 9.18 Å². The summed E-state index contributed by atoms with van der Waals surface area (Å²) in [5.41, 5.74) is 7.90. The number of benzene rings is 1. The third-order valence-electron chi connectivity index (χ3n) is 5.02. The van der Waals surface area contributed by atoms with Crippen LogP contribution in [0.25, 0.3) is 20.9 Å². The van der Waals surface area contributed by atoms with Crippen molar-refractivity contribution in [1.82, 2.24) is 25.1 Å². The van der Waals surface area contributed by atoms with Crippen LogP contribution in [-0.4, -0.2) is 31.4 Å². The van der Waals surface area contributed by atoms with Crippen molar-refractivity contribution < 1.29 is 9.18 Å². The number of hydrogen-bond donors (Lipinski definition) is 2. The van der Waals surface area contributed by atoms with Crippen molar-refractivity contribution >= 4 is 44.9 Å². The monoisotopic (exact) mass is 454 g/mol. The minimum atomic E-state index is -0.295. The van der Waals surface area contributed by atoms with E-state index in [4.69, 9.17) is 5.73 Å². The van der Waals surface area contributed by atoms with Crippen molar-refractivity contribution in [2.75, 3.05) is 11.5 Å². The third-order valence-corrected chi connectivity index (χ3v) is 7.09. The number of carbonyl (C=O) groups excluding carboxylic acids is 1. The second-order valence-electron chi connectivity index (χ2n) is 7.30. The summed E-state index contributed by atoms with van der Waals surface area (Å²) in [4.78, 5) is 18.4. The topological polar surface area (TPSA) is 98.7 Å². The van der Waals surface area contributed by atoms with E-state index in [0.29, 0.717) is 23.4 Å². The van der Waals surface area contributed by atoms with E-state index >= 15 is 0 Å². The van der Waals surface area contributed by atoms with Crippen LogP contribution in [0.3, 0.4) is 0 Å². The fourth-order valence-corrected chi connectivity index (χ4v) is 5.17. The average Bonchev–Trinajstić information content (AvgIpc) is 3.45. The number of thioether (sulfide) groups is 1. The molecule has 1 aromatic carbocycles. The number of carbonyl (C=O) groups is 1. The predicted octanol–water partition coefficient (Wildman–Crippen LogP) is 4.02. The number of pyridine rings is 1. The van der Waals surface area contributed by atoms with Crippen LogP contribution in [0.2, 0.25) is 0 Å². The lowest BCUT2D eigenvalue weighted by molar-refractivity contribution is -0.118. The second kappa shape index (κ2) is 8.27. The number of nitrogens with two attached hydrogens (primary N) is 1. The van der Waals surface area contributed by atoms with Gasteiger partial charge in [-0.1, -0.05) is 23.9 Å². The lowest BCUT2D eigenvalue weighted by Crippen LogP contribution is -2.24. The molecular formula is C21H19FN6OS2. The minimum Gasteiger partial charge on any atom is -0.397 e. The van der Waals surface area contributed by atoms with Gasteiger partial charge in [0.1, 0.15) is 10.6 Å². The molecule has 1 amide bonds. The largest absolute Gasteiger partial charge is 0.397 e. The molecule has 3 N–H and O–H groups in total. The zero-order valence-electron chi connectivity index (χ0n) is 16.4. The highest BCUT2D eigenvalue weighted by Crippen LogP contribution is 2.45. The van der Waals surface area contributed by atoms with Gasteiger partial charge in [0.25, 0.3) is 0 Å². The van der Waals surface area contributed by atoms with Crippen LogP contribution in [0.5, 0.6) is 0 Å². The van der Waals surface area contributed by atoms with Gasteiger partial charge < -0.3 is 11.1 Å². The van der Waals surface area contributed by atoms with Gasteiger partial charge in [-0.3, -0.25) is 9.36 Å². The Morgan fingerprint density at radius 2 is 2.06 bits per heavy atom. The first-order valence-electron chi connectivity index (χ1n) is 9.82. The lowest BCUT2D eigenvalue weighted by atomic mass is 10.2. The molecule has 1 fully saturated rings. The number of aromatic nitrogens is 4. The Labute approximate surface area is 185 Å². The van der Waals surface area contributed by atoms with Gasteiger partial charge in [-0.2, -0.15) is 0 Å². The fourth-order valence-electron chi connectivity index (χ4n) is 3.29. The van der Waals surface area contributed by atoms with Crippen molar-refractivity contribution in [1.29, 1.82) is 0 Å². The molecule has 0 saturated heterocycles. The van der Waals surface area contributed by atoms with Crippen LogP contribution in [0, 0.1) is 5.82 Å². The molecule has 10 heteroatoms. The van der Waals surface area contributed by atoms with E-state index in [1.165, 1.54) is 35.2 Å². The SMILES string of the molecule is Nc1c(-c2nnc(SCC(=O)NCc3ccc(F)cc3)n2C2CC2)sc2ncccc12. The summed E-state index contributed by atoms with van der Waals surface area (Å²) in [5, 5.41) is 13.2. The Hall–Kier alpha value is -2.98. The van der Waals surface area contributed by atoms with Crippen molar-refractivity contribution in [2.24, 2.45) is 0 Å². The first-order chi connectivity index (χ1) is 15.1. The Morgan fingerprint density at radius 1 is 1.26 bits per heavy atom. The van der Waals surface area contributed by atoms with Gasteiger partial charge in [-0.05, 0) is 42.7 Å². The van der Waals surface area contributed by atoms with E-state index in [1.54, 1.807) is 18.3 Å². The molecule has 0 spiro atoms. The van der Waals surface area contributed by atoms with E-state index in [0.717, 1.165) is 39.3 Å². The van der Waals surface area contributed by atoms with Crippen molar-refractivity contribution in [3.05, 3.63) is 54.0 Å². The van der Waals surface area contributed by atoms with Gasteiger partial charge in [0.2, 0.25) is 5.91 Å². The van der Waals surface area contributed by atoms with Crippen LogP contribution in [0.15, 0.2) is 47.8 Å². The maximum atomic E-state index is 13.0. The number of nitrogens with zero attached hydrogens (tertiary/aromatic N) is 4. The van der Waals surface area contributed by atoms with Gasteiger partial charge in [0.05, 0.1) is 16.3 Å². The van der Waals surface area contributed by atoms with E-state index in [-0.39, 0.29) is 17.5 Å². The zero-order valence-corrected chi connectivity index (χ0v) is 18.0. The molecule has 0 atom stereocenters. The Balaban J connectivity index is 1.31. The number of hydrogen-bond acceptors (Lipinski definition) is 7.